The molecule has 1 saturated heterocycles. The van der Waals surface area contributed by atoms with Crippen LogP contribution in [0, 0.1) is 19.8 Å². The Bertz CT molecular complexity index is 847. The number of sulfonamides is 1. The predicted octanol–water partition coefficient (Wildman–Crippen LogP) is 3.74. The summed E-state index contributed by atoms with van der Waals surface area (Å²) in [5, 5.41) is 0. The molecule has 0 bridgehead atoms. The van der Waals surface area contributed by atoms with E-state index in [2.05, 4.69) is 21.5 Å². The lowest BCUT2D eigenvalue weighted by Gasteiger charge is -2.32. The molecule has 1 atom stereocenters. The van der Waals surface area contributed by atoms with E-state index >= 15 is 0 Å². The number of benzene rings is 1. The van der Waals surface area contributed by atoms with Crippen LogP contribution >= 0.6 is 0 Å². The van der Waals surface area contributed by atoms with E-state index in [4.69, 9.17) is 0 Å². The molecule has 1 aliphatic heterocycles. The van der Waals surface area contributed by atoms with Gasteiger partial charge >= 0.3 is 0 Å². The van der Waals surface area contributed by atoms with Crippen LogP contribution in [0.4, 0.5) is 11.5 Å². The summed E-state index contributed by atoms with van der Waals surface area (Å²) in [4.78, 5) is 6.86. The molecule has 2 aromatic rings. The maximum absolute atomic E-state index is 12.5. The Labute approximate surface area is 150 Å². The number of hydrogen-bond acceptors (Lipinski definition) is 4. The fraction of sp³-hybridized carbons (Fsp3) is 0.421. The standard InChI is InChI=1S/C19H25N3O2S/c1-14-5-4-10-22(13-14)17-7-9-19(20-12-17)21-25(23,24)18-8-6-15(2)16(3)11-18/h6-9,11-12,14H,4-5,10,13H2,1-3H3,(H,20,21). The average Bonchev–Trinajstić information content (AvgIpc) is 2.57. The second kappa shape index (κ2) is 7.04. The van der Waals surface area contributed by atoms with Gasteiger partial charge in [-0.1, -0.05) is 13.0 Å². The van der Waals surface area contributed by atoms with E-state index < -0.39 is 10.0 Å². The SMILES string of the molecule is Cc1ccc(S(=O)(=O)Nc2ccc(N3CCCC(C)C3)cn2)cc1C. The third kappa shape index (κ3) is 4.12. The Morgan fingerprint density at radius 2 is 1.96 bits per heavy atom. The average molecular weight is 359 g/mol. The highest BCUT2D eigenvalue weighted by Crippen LogP contribution is 2.24. The number of aromatic nitrogens is 1. The van der Waals surface area contributed by atoms with E-state index in [0.29, 0.717) is 11.7 Å². The maximum Gasteiger partial charge on any atom is 0.263 e. The molecule has 0 radical (unpaired) electrons. The topological polar surface area (TPSA) is 62.3 Å². The molecule has 1 fully saturated rings. The van der Waals surface area contributed by atoms with E-state index in [1.54, 1.807) is 24.4 Å². The van der Waals surface area contributed by atoms with Crippen LogP contribution in [0.2, 0.25) is 0 Å². The van der Waals surface area contributed by atoms with E-state index in [9.17, 15) is 8.42 Å². The summed E-state index contributed by atoms with van der Waals surface area (Å²) in [6.45, 7) is 8.17. The van der Waals surface area contributed by atoms with Crippen molar-refractivity contribution in [2.75, 3.05) is 22.7 Å². The molecule has 134 valence electrons. The number of rotatable bonds is 4. The highest BCUT2D eigenvalue weighted by molar-refractivity contribution is 7.92. The summed E-state index contributed by atoms with van der Waals surface area (Å²) in [6, 6.07) is 8.78. The fourth-order valence-corrected chi connectivity index (χ4v) is 4.23. The summed E-state index contributed by atoms with van der Waals surface area (Å²) in [6.07, 6.45) is 4.19. The molecule has 2 heterocycles. The van der Waals surface area contributed by atoms with Crippen molar-refractivity contribution in [1.82, 2.24) is 4.98 Å². The lowest BCUT2D eigenvalue weighted by molar-refractivity contribution is 0.446. The summed E-state index contributed by atoms with van der Waals surface area (Å²) in [5.41, 5.74) is 3.06. The van der Waals surface area contributed by atoms with Crippen molar-refractivity contribution in [3.8, 4) is 0 Å². The number of aryl methyl sites for hydroxylation is 2. The Morgan fingerprint density at radius 1 is 1.16 bits per heavy atom. The van der Waals surface area contributed by atoms with E-state index in [-0.39, 0.29) is 4.90 Å². The Morgan fingerprint density at radius 3 is 2.60 bits per heavy atom. The van der Waals surface area contributed by atoms with Crippen molar-refractivity contribution in [3.63, 3.8) is 0 Å². The predicted molar refractivity (Wildman–Crippen MR) is 102 cm³/mol. The van der Waals surface area contributed by atoms with Gasteiger partial charge in [-0.05, 0) is 68.0 Å². The first-order valence-electron chi connectivity index (χ1n) is 8.66. The van der Waals surface area contributed by atoms with Crippen LogP contribution in [-0.2, 0) is 10.0 Å². The lowest BCUT2D eigenvalue weighted by Crippen LogP contribution is -2.34. The Hall–Kier alpha value is -2.08. The zero-order valence-electron chi connectivity index (χ0n) is 15.0. The van der Waals surface area contributed by atoms with Gasteiger partial charge in [0.15, 0.2) is 0 Å². The molecule has 6 heteroatoms. The monoisotopic (exact) mass is 359 g/mol. The van der Waals surface area contributed by atoms with Crippen LogP contribution in [0.1, 0.15) is 30.9 Å². The lowest BCUT2D eigenvalue weighted by atomic mass is 10.00. The quantitative estimate of drug-likeness (QED) is 0.903. The first-order valence-corrected chi connectivity index (χ1v) is 10.1. The van der Waals surface area contributed by atoms with Crippen molar-refractivity contribution in [1.29, 1.82) is 0 Å². The number of anilines is 2. The molecule has 1 aliphatic rings. The molecule has 3 rings (SSSR count). The van der Waals surface area contributed by atoms with Crippen molar-refractivity contribution in [2.45, 2.75) is 38.5 Å². The maximum atomic E-state index is 12.5. The first-order chi connectivity index (χ1) is 11.8. The van der Waals surface area contributed by atoms with Crippen molar-refractivity contribution in [3.05, 3.63) is 47.7 Å². The zero-order chi connectivity index (χ0) is 18.0. The summed E-state index contributed by atoms with van der Waals surface area (Å²) >= 11 is 0. The minimum absolute atomic E-state index is 0.256. The van der Waals surface area contributed by atoms with Gasteiger partial charge in [-0.15, -0.1) is 0 Å². The van der Waals surface area contributed by atoms with Crippen molar-refractivity contribution >= 4 is 21.5 Å². The van der Waals surface area contributed by atoms with Gasteiger partial charge in [0.25, 0.3) is 10.0 Å². The molecule has 0 saturated carbocycles. The largest absolute Gasteiger partial charge is 0.370 e. The molecule has 1 unspecified atom stereocenters. The van der Waals surface area contributed by atoms with Crippen LogP contribution in [0.15, 0.2) is 41.4 Å². The van der Waals surface area contributed by atoms with Crippen molar-refractivity contribution < 1.29 is 8.42 Å². The van der Waals surface area contributed by atoms with Gasteiger partial charge in [0.2, 0.25) is 0 Å². The molecule has 1 N–H and O–H groups in total. The number of nitrogens with one attached hydrogen (secondary N) is 1. The number of nitrogens with zero attached hydrogens (tertiary/aromatic N) is 2. The van der Waals surface area contributed by atoms with E-state index in [1.807, 2.05) is 26.0 Å². The van der Waals surface area contributed by atoms with Crippen LogP contribution in [-0.4, -0.2) is 26.5 Å². The third-order valence-corrected chi connectivity index (χ3v) is 6.15. The summed E-state index contributed by atoms with van der Waals surface area (Å²) in [5.74, 6) is 1.02. The Balaban J connectivity index is 1.75. The van der Waals surface area contributed by atoms with Gasteiger partial charge < -0.3 is 4.90 Å². The first kappa shape index (κ1) is 17.7. The molecule has 0 aliphatic carbocycles. The van der Waals surface area contributed by atoms with Crippen LogP contribution in [0.5, 0.6) is 0 Å². The molecule has 1 aromatic carbocycles. The minimum Gasteiger partial charge on any atom is -0.370 e. The molecular weight excluding hydrogens is 334 g/mol. The molecule has 0 spiro atoms. The van der Waals surface area contributed by atoms with Crippen molar-refractivity contribution in [2.24, 2.45) is 5.92 Å². The highest BCUT2D eigenvalue weighted by atomic mass is 32.2. The smallest absolute Gasteiger partial charge is 0.263 e. The third-order valence-electron chi connectivity index (χ3n) is 4.80. The second-order valence-electron chi connectivity index (χ2n) is 6.95. The molecule has 0 amide bonds. The highest BCUT2D eigenvalue weighted by Gasteiger charge is 2.18. The van der Waals surface area contributed by atoms with Gasteiger partial charge in [-0.25, -0.2) is 13.4 Å². The van der Waals surface area contributed by atoms with Crippen LogP contribution in [0.25, 0.3) is 0 Å². The zero-order valence-corrected chi connectivity index (χ0v) is 15.8. The van der Waals surface area contributed by atoms with Crippen LogP contribution in [0.3, 0.4) is 0 Å². The number of pyridine rings is 1. The van der Waals surface area contributed by atoms with Gasteiger partial charge in [-0.3, -0.25) is 4.72 Å². The minimum atomic E-state index is -3.63. The number of hydrogen-bond donors (Lipinski definition) is 1. The van der Waals surface area contributed by atoms with Gasteiger partial charge in [0, 0.05) is 13.1 Å². The molecule has 5 nitrogen and oxygen atoms in total. The number of piperidine rings is 1. The summed E-state index contributed by atoms with van der Waals surface area (Å²) < 4.78 is 27.6. The molecular formula is C19H25N3O2S. The van der Waals surface area contributed by atoms with Crippen LogP contribution < -0.4 is 9.62 Å². The summed E-state index contributed by atoms with van der Waals surface area (Å²) in [7, 11) is -3.63. The van der Waals surface area contributed by atoms with Gasteiger partial charge in [0.05, 0.1) is 16.8 Å². The molecule has 1 aromatic heterocycles. The normalized spacial score (nSPS) is 18.2. The van der Waals surface area contributed by atoms with E-state index in [0.717, 1.165) is 29.9 Å². The second-order valence-corrected chi connectivity index (χ2v) is 8.63. The Kier molecular flexibility index (Phi) is 4.99. The van der Waals surface area contributed by atoms with Gasteiger partial charge in [-0.2, -0.15) is 0 Å². The van der Waals surface area contributed by atoms with E-state index in [1.165, 1.54) is 12.8 Å². The fourth-order valence-electron chi connectivity index (χ4n) is 3.14. The molecule has 25 heavy (non-hydrogen) atoms. The van der Waals surface area contributed by atoms with Gasteiger partial charge in [0.1, 0.15) is 5.82 Å².